The summed E-state index contributed by atoms with van der Waals surface area (Å²) >= 11 is 0. The third kappa shape index (κ3) is 1.18. The fourth-order valence-electron chi connectivity index (χ4n) is 1.53. The van der Waals surface area contributed by atoms with Gasteiger partial charge < -0.3 is 9.72 Å². The minimum atomic E-state index is 0.651. The Morgan fingerprint density at radius 1 is 1.57 bits per heavy atom. The number of fused-ring (bicyclic) bond motifs is 1. The maximum atomic E-state index is 5.10. The van der Waals surface area contributed by atoms with Crippen LogP contribution in [0.3, 0.4) is 0 Å². The van der Waals surface area contributed by atoms with Gasteiger partial charge in [-0.2, -0.15) is 0 Å². The number of ether oxygens (including phenoxy) is 1. The van der Waals surface area contributed by atoms with Crippen molar-refractivity contribution in [2.45, 2.75) is 6.92 Å². The van der Waals surface area contributed by atoms with Crippen molar-refractivity contribution >= 4 is 16.8 Å². The minimum absolute atomic E-state index is 0.651. The van der Waals surface area contributed by atoms with E-state index in [9.17, 15) is 0 Å². The second kappa shape index (κ2) is 3.18. The lowest BCUT2D eigenvalue weighted by molar-refractivity contribution is 0.371. The van der Waals surface area contributed by atoms with E-state index >= 15 is 0 Å². The Bertz CT molecular complexity index is 485. The second-order valence-corrected chi connectivity index (χ2v) is 3.16. The first-order chi connectivity index (χ1) is 6.74. The number of aryl methyl sites for hydroxylation is 1. The fraction of sp³-hybridized carbons (Fsp3) is 0.182. The molecule has 0 aliphatic rings. The predicted octanol–water partition coefficient (Wildman–Crippen LogP) is 2.49. The highest BCUT2D eigenvalue weighted by molar-refractivity contribution is 5.83. The summed E-state index contributed by atoms with van der Waals surface area (Å²) in [6.45, 7) is 5.86. The minimum Gasteiger partial charge on any atom is -0.497 e. The summed E-state index contributed by atoms with van der Waals surface area (Å²) in [6, 6.07) is 2.00. The molecular weight excluding hydrogens is 176 g/mol. The molecule has 0 radical (unpaired) electrons. The van der Waals surface area contributed by atoms with Gasteiger partial charge in [0.05, 0.1) is 7.11 Å². The Kier molecular flexibility index (Phi) is 2.00. The second-order valence-electron chi connectivity index (χ2n) is 3.16. The molecule has 0 atom stereocenters. The molecule has 3 heteroatoms. The Morgan fingerprint density at radius 2 is 2.36 bits per heavy atom. The molecule has 0 unspecified atom stereocenters. The van der Waals surface area contributed by atoms with Gasteiger partial charge in [-0.15, -0.1) is 0 Å². The van der Waals surface area contributed by atoms with Crippen molar-refractivity contribution in [1.82, 2.24) is 9.97 Å². The zero-order chi connectivity index (χ0) is 10.1. The number of nitrogens with one attached hydrogen (secondary N) is 1. The zero-order valence-electron chi connectivity index (χ0n) is 8.29. The van der Waals surface area contributed by atoms with Gasteiger partial charge in [0.25, 0.3) is 0 Å². The molecule has 1 N–H and O–H groups in total. The lowest BCUT2D eigenvalue weighted by Crippen LogP contribution is -1.92. The van der Waals surface area contributed by atoms with Gasteiger partial charge in [0.15, 0.2) is 0 Å². The number of nitrogens with zero attached hydrogens (tertiary/aromatic N) is 1. The van der Waals surface area contributed by atoms with Gasteiger partial charge in [-0.3, -0.25) is 0 Å². The molecule has 0 bridgehead atoms. The van der Waals surface area contributed by atoms with Gasteiger partial charge in [-0.1, -0.05) is 6.58 Å². The molecule has 0 fully saturated rings. The maximum Gasteiger partial charge on any atom is 0.137 e. The summed E-state index contributed by atoms with van der Waals surface area (Å²) in [5.74, 6) is 0.651. The molecule has 0 amide bonds. The zero-order valence-corrected chi connectivity index (χ0v) is 8.29. The smallest absolute Gasteiger partial charge is 0.137 e. The molecule has 0 spiro atoms. The van der Waals surface area contributed by atoms with Crippen LogP contribution in [0.25, 0.3) is 16.8 Å². The number of hydrogen-bond acceptors (Lipinski definition) is 2. The summed E-state index contributed by atoms with van der Waals surface area (Å²) in [5.41, 5.74) is 3.00. The molecule has 0 saturated carbocycles. The molecule has 0 aromatic carbocycles. The number of aromatic amines is 1. The average Bonchev–Trinajstić information content (AvgIpc) is 2.66. The summed E-state index contributed by atoms with van der Waals surface area (Å²) in [5, 5.41) is 1.11. The third-order valence-electron chi connectivity index (χ3n) is 2.40. The van der Waals surface area contributed by atoms with Crippen molar-refractivity contribution in [3.8, 4) is 0 Å². The number of H-pyrrole nitrogens is 1. The monoisotopic (exact) mass is 188 g/mol. The summed E-state index contributed by atoms with van der Waals surface area (Å²) in [6.07, 6.45) is 3.66. The van der Waals surface area contributed by atoms with Crippen LogP contribution in [0.15, 0.2) is 25.0 Å². The van der Waals surface area contributed by atoms with Gasteiger partial charge in [0.1, 0.15) is 11.4 Å². The fourth-order valence-corrected chi connectivity index (χ4v) is 1.53. The maximum absolute atomic E-state index is 5.10. The van der Waals surface area contributed by atoms with E-state index in [1.165, 1.54) is 0 Å². The van der Waals surface area contributed by atoms with Crippen LogP contribution in [0.2, 0.25) is 0 Å². The van der Waals surface area contributed by atoms with Crippen LogP contribution in [-0.2, 0) is 4.74 Å². The van der Waals surface area contributed by atoms with Gasteiger partial charge in [0.2, 0.25) is 0 Å². The topological polar surface area (TPSA) is 37.9 Å². The molecule has 0 aliphatic heterocycles. The van der Waals surface area contributed by atoms with Crippen LogP contribution in [0.1, 0.15) is 11.1 Å². The van der Waals surface area contributed by atoms with Crippen molar-refractivity contribution < 1.29 is 4.74 Å². The summed E-state index contributed by atoms with van der Waals surface area (Å²) in [4.78, 5) is 7.34. The highest BCUT2D eigenvalue weighted by Crippen LogP contribution is 2.23. The van der Waals surface area contributed by atoms with Crippen LogP contribution >= 0.6 is 0 Å². The van der Waals surface area contributed by atoms with Crippen molar-refractivity contribution in [2.75, 3.05) is 7.11 Å². The van der Waals surface area contributed by atoms with Crippen molar-refractivity contribution in [2.24, 2.45) is 0 Å². The van der Waals surface area contributed by atoms with Crippen LogP contribution < -0.4 is 0 Å². The summed E-state index contributed by atoms with van der Waals surface area (Å²) < 4.78 is 5.10. The van der Waals surface area contributed by atoms with Crippen LogP contribution in [0, 0.1) is 6.92 Å². The van der Waals surface area contributed by atoms with Gasteiger partial charge in [0, 0.05) is 23.3 Å². The van der Waals surface area contributed by atoms with Crippen molar-refractivity contribution in [3.05, 3.63) is 36.2 Å². The van der Waals surface area contributed by atoms with E-state index in [0.29, 0.717) is 5.76 Å². The first kappa shape index (κ1) is 8.81. The highest BCUT2D eigenvalue weighted by atomic mass is 16.5. The molecule has 3 nitrogen and oxygen atoms in total. The Labute approximate surface area is 82.4 Å². The number of hydrogen-bond donors (Lipinski definition) is 1. The Balaban J connectivity index is 2.67. The molecule has 2 aromatic heterocycles. The molecule has 2 aromatic rings. The number of pyridine rings is 1. The van der Waals surface area contributed by atoms with E-state index in [2.05, 4.69) is 16.5 Å². The predicted molar refractivity (Wildman–Crippen MR) is 56.9 cm³/mol. The average molecular weight is 188 g/mol. The largest absolute Gasteiger partial charge is 0.497 e. The van der Waals surface area contributed by atoms with Gasteiger partial charge in [-0.25, -0.2) is 4.98 Å². The lowest BCUT2D eigenvalue weighted by atomic mass is 10.1. The molecular formula is C11H12N2O. The van der Waals surface area contributed by atoms with Crippen molar-refractivity contribution in [1.29, 1.82) is 0 Å². The quantitative estimate of drug-likeness (QED) is 0.735. The first-order valence-corrected chi connectivity index (χ1v) is 4.40. The van der Waals surface area contributed by atoms with Crippen LogP contribution in [-0.4, -0.2) is 17.1 Å². The number of methoxy groups -OCH3 is 1. The highest BCUT2D eigenvalue weighted by Gasteiger charge is 2.07. The first-order valence-electron chi connectivity index (χ1n) is 4.40. The van der Waals surface area contributed by atoms with Gasteiger partial charge in [-0.05, 0) is 18.6 Å². The Hall–Kier alpha value is -1.77. The molecule has 14 heavy (non-hydrogen) atoms. The molecule has 2 rings (SSSR count). The van der Waals surface area contributed by atoms with Gasteiger partial charge >= 0.3 is 0 Å². The molecule has 72 valence electrons. The van der Waals surface area contributed by atoms with E-state index in [1.807, 2.05) is 19.2 Å². The molecule has 0 saturated heterocycles. The lowest BCUT2D eigenvalue weighted by Gasteiger charge is -2.07. The van der Waals surface area contributed by atoms with Crippen molar-refractivity contribution in [3.63, 3.8) is 0 Å². The molecule has 2 heterocycles. The number of rotatable bonds is 2. The van der Waals surface area contributed by atoms with Crippen LogP contribution in [0.4, 0.5) is 0 Å². The van der Waals surface area contributed by atoms with E-state index < -0.39 is 0 Å². The Morgan fingerprint density at radius 3 is 3.07 bits per heavy atom. The normalized spacial score (nSPS) is 10.4. The van der Waals surface area contributed by atoms with Crippen LogP contribution in [0.5, 0.6) is 0 Å². The summed E-state index contributed by atoms with van der Waals surface area (Å²) in [7, 11) is 1.61. The standard InChI is InChI=1S/C11H12N2O/c1-7-9-4-5-12-11(9)13-6-10(7)8(2)14-3/h4-6H,2H2,1,3H3,(H,12,13). The molecule has 0 aliphatic carbocycles. The SMILES string of the molecule is C=C(OC)c1cnc2[nH]ccc2c1C. The van der Waals surface area contributed by atoms with E-state index in [-0.39, 0.29) is 0 Å². The van der Waals surface area contributed by atoms with E-state index in [4.69, 9.17) is 4.74 Å². The van der Waals surface area contributed by atoms with E-state index in [1.54, 1.807) is 13.3 Å². The number of aromatic nitrogens is 2. The van der Waals surface area contributed by atoms with E-state index in [0.717, 1.165) is 22.2 Å². The third-order valence-corrected chi connectivity index (χ3v) is 2.40.